The molecule has 1 heterocycles. The van der Waals surface area contributed by atoms with Gasteiger partial charge < -0.3 is 14.0 Å². The molecule has 17 heavy (non-hydrogen) atoms. The van der Waals surface area contributed by atoms with Crippen molar-refractivity contribution in [1.29, 1.82) is 0 Å². The number of aromatic nitrogens is 2. The zero-order valence-corrected chi connectivity index (χ0v) is 10.3. The van der Waals surface area contributed by atoms with Crippen molar-refractivity contribution in [2.75, 3.05) is 7.11 Å². The van der Waals surface area contributed by atoms with Crippen LogP contribution in [0.25, 0.3) is 0 Å². The van der Waals surface area contributed by atoms with Gasteiger partial charge in [-0.25, -0.2) is 4.98 Å². The fraction of sp³-hybridized carbons (Fsp3) is 0.308. The third-order valence-electron chi connectivity index (χ3n) is 2.60. The maximum absolute atomic E-state index is 5.73. The largest absolute Gasteiger partial charge is 0.493 e. The highest BCUT2D eigenvalue weighted by Crippen LogP contribution is 2.28. The highest BCUT2D eigenvalue weighted by Gasteiger charge is 2.06. The van der Waals surface area contributed by atoms with Crippen LogP contribution >= 0.6 is 0 Å². The van der Waals surface area contributed by atoms with Gasteiger partial charge in [0.2, 0.25) is 0 Å². The number of aryl methyl sites for hydroxylation is 2. The topological polar surface area (TPSA) is 36.3 Å². The first-order chi connectivity index (χ1) is 8.20. The molecule has 0 N–H and O–H groups in total. The monoisotopic (exact) mass is 232 g/mol. The molecule has 0 amide bonds. The van der Waals surface area contributed by atoms with Gasteiger partial charge in [0, 0.05) is 19.4 Å². The molecule has 2 rings (SSSR count). The van der Waals surface area contributed by atoms with E-state index < -0.39 is 0 Å². The minimum atomic E-state index is 0.434. The fourth-order valence-electron chi connectivity index (χ4n) is 1.57. The normalized spacial score (nSPS) is 10.3. The van der Waals surface area contributed by atoms with E-state index >= 15 is 0 Å². The summed E-state index contributed by atoms with van der Waals surface area (Å²) < 4.78 is 12.9. The van der Waals surface area contributed by atoms with E-state index in [1.807, 2.05) is 42.9 Å². The van der Waals surface area contributed by atoms with Crippen LogP contribution in [0.1, 0.15) is 11.4 Å². The Labute approximate surface area is 101 Å². The molecule has 2 aromatic rings. The summed E-state index contributed by atoms with van der Waals surface area (Å²) >= 11 is 0. The van der Waals surface area contributed by atoms with Crippen molar-refractivity contribution in [2.45, 2.75) is 13.5 Å². The minimum Gasteiger partial charge on any atom is -0.493 e. The summed E-state index contributed by atoms with van der Waals surface area (Å²) in [5, 5.41) is 0. The number of nitrogens with zero attached hydrogens (tertiary/aromatic N) is 2. The molecule has 0 fully saturated rings. The quantitative estimate of drug-likeness (QED) is 0.811. The van der Waals surface area contributed by atoms with Gasteiger partial charge in [-0.05, 0) is 24.6 Å². The first-order valence-electron chi connectivity index (χ1n) is 5.44. The van der Waals surface area contributed by atoms with Crippen LogP contribution in [0, 0.1) is 6.92 Å². The van der Waals surface area contributed by atoms with Gasteiger partial charge in [0.15, 0.2) is 11.5 Å². The predicted octanol–water partition coefficient (Wildman–Crippen LogP) is 2.32. The Morgan fingerprint density at radius 1 is 1.29 bits per heavy atom. The summed E-state index contributed by atoms with van der Waals surface area (Å²) in [7, 11) is 3.58. The second-order valence-corrected chi connectivity index (χ2v) is 3.90. The Morgan fingerprint density at radius 2 is 2.12 bits per heavy atom. The highest BCUT2D eigenvalue weighted by molar-refractivity contribution is 5.42. The molecule has 1 aromatic heterocycles. The van der Waals surface area contributed by atoms with Gasteiger partial charge >= 0.3 is 0 Å². The van der Waals surface area contributed by atoms with E-state index in [2.05, 4.69) is 4.98 Å². The van der Waals surface area contributed by atoms with Crippen molar-refractivity contribution in [2.24, 2.45) is 7.05 Å². The minimum absolute atomic E-state index is 0.434. The van der Waals surface area contributed by atoms with E-state index in [0.29, 0.717) is 6.61 Å². The second-order valence-electron chi connectivity index (χ2n) is 3.90. The van der Waals surface area contributed by atoms with Crippen LogP contribution in [-0.2, 0) is 13.7 Å². The smallest absolute Gasteiger partial charge is 0.162 e. The van der Waals surface area contributed by atoms with Crippen LogP contribution in [0.4, 0.5) is 0 Å². The molecule has 1 aromatic carbocycles. The number of benzene rings is 1. The number of imidazole rings is 1. The maximum atomic E-state index is 5.73. The van der Waals surface area contributed by atoms with Crippen LogP contribution in [0.15, 0.2) is 30.6 Å². The predicted molar refractivity (Wildman–Crippen MR) is 65.3 cm³/mol. The summed E-state index contributed by atoms with van der Waals surface area (Å²) in [5.74, 6) is 2.37. The zero-order chi connectivity index (χ0) is 12.3. The van der Waals surface area contributed by atoms with Crippen LogP contribution in [0.2, 0.25) is 0 Å². The summed E-state index contributed by atoms with van der Waals surface area (Å²) in [4.78, 5) is 4.21. The number of rotatable bonds is 4. The number of ether oxygens (including phenoxy) is 2. The molecule has 0 saturated carbocycles. The second kappa shape index (κ2) is 4.91. The molecular formula is C13H16N2O2. The van der Waals surface area contributed by atoms with Crippen molar-refractivity contribution in [3.63, 3.8) is 0 Å². The molecule has 4 heteroatoms. The van der Waals surface area contributed by atoms with Crippen molar-refractivity contribution in [3.05, 3.63) is 42.0 Å². The highest BCUT2D eigenvalue weighted by atomic mass is 16.5. The van der Waals surface area contributed by atoms with Gasteiger partial charge in [0.05, 0.1) is 7.11 Å². The molecule has 0 saturated heterocycles. The standard InChI is InChI=1S/C13H16N2O2/c1-10-4-5-11(16-3)12(8-10)17-9-13-14-6-7-15(13)2/h4-8H,9H2,1-3H3. The number of methoxy groups -OCH3 is 1. The van der Waals surface area contributed by atoms with Gasteiger partial charge in [-0.1, -0.05) is 6.07 Å². The molecule has 0 atom stereocenters. The van der Waals surface area contributed by atoms with Crippen LogP contribution < -0.4 is 9.47 Å². The van der Waals surface area contributed by atoms with Gasteiger partial charge in [-0.2, -0.15) is 0 Å². The lowest BCUT2D eigenvalue weighted by molar-refractivity contribution is 0.273. The Balaban J connectivity index is 2.13. The van der Waals surface area contributed by atoms with E-state index in [-0.39, 0.29) is 0 Å². The third-order valence-corrected chi connectivity index (χ3v) is 2.60. The van der Waals surface area contributed by atoms with E-state index in [9.17, 15) is 0 Å². The summed E-state index contributed by atoms with van der Waals surface area (Å²) in [6.07, 6.45) is 3.65. The molecule has 4 nitrogen and oxygen atoms in total. The van der Waals surface area contributed by atoms with E-state index in [1.54, 1.807) is 13.3 Å². The van der Waals surface area contributed by atoms with Gasteiger partial charge in [0.1, 0.15) is 12.4 Å². The molecule has 0 aliphatic carbocycles. The molecule has 0 radical (unpaired) electrons. The van der Waals surface area contributed by atoms with Gasteiger partial charge in [-0.15, -0.1) is 0 Å². The average molecular weight is 232 g/mol. The molecular weight excluding hydrogens is 216 g/mol. The van der Waals surface area contributed by atoms with Crippen LogP contribution in [0.3, 0.4) is 0 Å². The van der Waals surface area contributed by atoms with E-state index in [0.717, 1.165) is 22.9 Å². The summed E-state index contributed by atoms with van der Waals surface area (Å²) in [6.45, 7) is 2.45. The summed E-state index contributed by atoms with van der Waals surface area (Å²) in [6, 6.07) is 5.86. The Hall–Kier alpha value is -1.97. The van der Waals surface area contributed by atoms with Crippen LogP contribution in [0.5, 0.6) is 11.5 Å². The molecule has 0 bridgehead atoms. The lowest BCUT2D eigenvalue weighted by atomic mass is 10.2. The average Bonchev–Trinajstić information content (AvgIpc) is 2.72. The summed E-state index contributed by atoms with van der Waals surface area (Å²) in [5.41, 5.74) is 1.14. The van der Waals surface area contributed by atoms with E-state index in [1.165, 1.54) is 0 Å². The van der Waals surface area contributed by atoms with Crippen LogP contribution in [-0.4, -0.2) is 16.7 Å². The lowest BCUT2D eigenvalue weighted by Gasteiger charge is -2.11. The van der Waals surface area contributed by atoms with Crippen molar-refractivity contribution in [1.82, 2.24) is 9.55 Å². The molecule has 0 spiro atoms. The Bertz CT molecular complexity index is 506. The molecule has 0 unspecified atom stereocenters. The Morgan fingerprint density at radius 3 is 2.76 bits per heavy atom. The SMILES string of the molecule is COc1ccc(C)cc1OCc1nccn1C. The first-order valence-corrected chi connectivity index (χ1v) is 5.44. The lowest BCUT2D eigenvalue weighted by Crippen LogP contribution is -2.04. The molecule has 0 aliphatic heterocycles. The van der Waals surface area contributed by atoms with Gasteiger partial charge in [-0.3, -0.25) is 0 Å². The molecule has 0 aliphatic rings. The van der Waals surface area contributed by atoms with E-state index in [4.69, 9.17) is 9.47 Å². The van der Waals surface area contributed by atoms with Crippen molar-refractivity contribution < 1.29 is 9.47 Å². The molecule has 90 valence electrons. The first kappa shape index (κ1) is 11.5. The Kier molecular flexibility index (Phi) is 3.32. The van der Waals surface area contributed by atoms with Crippen molar-refractivity contribution >= 4 is 0 Å². The maximum Gasteiger partial charge on any atom is 0.162 e. The fourth-order valence-corrected chi connectivity index (χ4v) is 1.57. The van der Waals surface area contributed by atoms with Crippen molar-refractivity contribution in [3.8, 4) is 11.5 Å². The third kappa shape index (κ3) is 2.58. The number of hydrogen-bond donors (Lipinski definition) is 0. The number of hydrogen-bond acceptors (Lipinski definition) is 3. The van der Waals surface area contributed by atoms with Gasteiger partial charge in [0.25, 0.3) is 0 Å². The zero-order valence-electron chi connectivity index (χ0n) is 10.3.